The highest BCUT2D eigenvalue weighted by Crippen LogP contribution is 2.36. The summed E-state index contributed by atoms with van der Waals surface area (Å²) >= 11 is -0.184. The van der Waals surface area contributed by atoms with Gasteiger partial charge in [0.1, 0.15) is 0 Å². The van der Waals surface area contributed by atoms with Crippen molar-refractivity contribution in [2.45, 2.75) is 16.8 Å². The molecule has 1 fully saturated rings. The van der Waals surface area contributed by atoms with E-state index in [2.05, 4.69) is 27.2 Å². The van der Waals surface area contributed by atoms with Crippen molar-refractivity contribution in [1.82, 2.24) is 10.2 Å². The Morgan fingerprint density at radius 2 is 1.62 bits per heavy atom. The number of anilines is 1. The van der Waals surface area contributed by atoms with Crippen LogP contribution in [0.3, 0.4) is 0 Å². The van der Waals surface area contributed by atoms with E-state index < -0.39 is 5.51 Å². The molecule has 1 aliphatic heterocycles. The van der Waals surface area contributed by atoms with Gasteiger partial charge in [-0.05, 0) is 61.1 Å². The zero-order chi connectivity index (χ0) is 20.7. The minimum absolute atomic E-state index is 0.0729. The van der Waals surface area contributed by atoms with Gasteiger partial charge in [-0.15, -0.1) is 0 Å². The van der Waals surface area contributed by atoms with Crippen LogP contribution in [0.2, 0.25) is 0 Å². The topological polar surface area (TPSA) is 35.6 Å². The molecule has 0 saturated carbocycles. The summed E-state index contributed by atoms with van der Waals surface area (Å²) in [6.07, 6.45) is 0.832. The molecule has 4 nitrogen and oxygen atoms in total. The van der Waals surface area contributed by atoms with Gasteiger partial charge in [0, 0.05) is 48.9 Å². The molecule has 0 atom stereocenters. The Balaban J connectivity index is 1.34. The average molecular weight is 424 g/mol. The maximum Gasteiger partial charge on any atom is 0.446 e. The highest BCUT2D eigenvalue weighted by molar-refractivity contribution is 8.00. The van der Waals surface area contributed by atoms with Gasteiger partial charge in [-0.1, -0.05) is 18.2 Å². The Labute approximate surface area is 173 Å². The molecule has 2 aromatic rings. The van der Waals surface area contributed by atoms with Crippen molar-refractivity contribution in [3.63, 3.8) is 0 Å². The van der Waals surface area contributed by atoms with Crippen molar-refractivity contribution < 1.29 is 18.0 Å². The van der Waals surface area contributed by atoms with E-state index in [0.717, 1.165) is 39.1 Å². The fraction of sp³-hybridized carbons (Fsp3) is 0.381. The zero-order valence-corrected chi connectivity index (χ0v) is 16.8. The Hall–Kier alpha value is -2.19. The molecule has 29 heavy (non-hydrogen) atoms. The molecule has 3 rings (SSSR count). The number of alkyl halides is 3. The summed E-state index contributed by atoms with van der Waals surface area (Å²) in [5.41, 5.74) is -2.71. The van der Waals surface area contributed by atoms with Crippen LogP contribution in [-0.4, -0.2) is 55.6 Å². The van der Waals surface area contributed by atoms with Crippen LogP contribution in [0.1, 0.15) is 16.8 Å². The second-order valence-corrected chi connectivity index (χ2v) is 7.98. The first-order valence-electron chi connectivity index (χ1n) is 9.57. The molecule has 0 spiro atoms. The third-order valence-corrected chi connectivity index (χ3v) is 5.52. The van der Waals surface area contributed by atoms with Gasteiger partial charge in [-0.2, -0.15) is 13.2 Å². The number of amides is 1. The largest absolute Gasteiger partial charge is 0.446 e. The molecule has 0 aliphatic carbocycles. The minimum atomic E-state index is -4.32. The lowest BCUT2D eigenvalue weighted by atomic mass is 10.2. The maximum atomic E-state index is 12.3. The molecule has 1 aliphatic rings. The molecule has 1 N–H and O–H groups in total. The lowest BCUT2D eigenvalue weighted by Gasteiger charge is -2.36. The number of hydrogen-bond donors (Lipinski definition) is 1. The summed E-state index contributed by atoms with van der Waals surface area (Å²) < 4.78 is 37.0. The lowest BCUT2D eigenvalue weighted by Crippen LogP contribution is -2.47. The third-order valence-electron chi connectivity index (χ3n) is 4.78. The predicted octanol–water partition coefficient (Wildman–Crippen LogP) is 4.24. The number of benzene rings is 2. The van der Waals surface area contributed by atoms with E-state index in [-0.39, 0.29) is 22.6 Å². The molecule has 0 radical (unpaired) electrons. The van der Waals surface area contributed by atoms with E-state index in [0.29, 0.717) is 12.1 Å². The lowest BCUT2D eigenvalue weighted by molar-refractivity contribution is -0.0328. The predicted molar refractivity (Wildman–Crippen MR) is 110 cm³/mol. The molecule has 0 aromatic heterocycles. The number of thioether (sulfide) groups is 1. The van der Waals surface area contributed by atoms with Gasteiger partial charge >= 0.3 is 5.51 Å². The second-order valence-electron chi connectivity index (χ2n) is 6.85. The van der Waals surface area contributed by atoms with Crippen molar-refractivity contribution in [2.75, 3.05) is 44.2 Å². The number of halogens is 3. The van der Waals surface area contributed by atoms with E-state index in [1.807, 2.05) is 18.2 Å². The van der Waals surface area contributed by atoms with Crippen molar-refractivity contribution in [1.29, 1.82) is 0 Å². The van der Waals surface area contributed by atoms with Crippen molar-refractivity contribution >= 4 is 23.4 Å². The molecular formula is C21H24F3N3OS. The molecule has 156 valence electrons. The van der Waals surface area contributed by atoms with E-state index in [4.69, 9.17) is 0 Å². The van der Waals surface area contributed by atoms with Gasteiger partial charge in [0.2, 0.25) is 0 Å². The molecule has 8 heteroatoms. The molecule has 0 unspecified atom stereocenters. The Kier molecular flexibility index (Phi) is 7.44. The Morgan fingerprint density at radius 1 is 0.966 bits per heavy atom. The van der Waals surface area contributed by atoms with Gasteiger partial charge in [0.25, 0.3) is 5.91 Å². The van der Waals surface area contributed by atoms with Gasteiger partial charge in [0.15, 0.2) is 0 Å². The smallest absolute Gasteiger partial charge is 0.369 e. The van der Waals surface area contributed by atoms with E-state index in [1.54, 1.807) is 0 Å². The van der Waals surface area contributed by atoms with Crippen LogP contribution in [0.15, 0.2) is 59.5 Å². The molecule has 1 amide bonds. The van der Waals surface area contributed by atoms with Crippen LogP contribution in [0.5, 0.6) is 0 Å². The summed E-state index contributed by atoms with van der Waals surface area (Å²) in [4.78, 5) is 17.0. The van der Waals surface area contributed by atoms with E-state index in [9.17, 15) is 18.0 Å². The van der Waals surface area contributed by atoms with E-state index in [1.165, 1.54) is 30.0 Å². The van der Waals surface area contributed by atoms with Crippen molar-refractivity contribution in [3.05, 3.63) is 60.2 Å². The number of rotatable bonds is 7. The van der Waals surface area contributed by atoms with Crippen LogP contribution >= 0.6 is 11.8 Å². The van der Waals surface area contributed by atoms with Crippen LogP contribution in [0.4, 0.5) is 18.9 Å². The first-order valence-corrected chi connectivity index (χ1v) is 10.4. The highest BCUT2D eigenvalue weighted by atomic mass is 32.2. The normalized spacial score (nSPS) is 15.3. The van der Waals surface area contributed by atoms with Crippen molar-refractivity contribution in [3.8, 4) is 0 Å². The summed E-state index contributed by atoms with van der Waals surface area (Å²) in [6, 6.07) is 15.8. The number of carbonyl (C=O) groups excluding carboxylic acids is 1. The SMILES string of the molecule is O=C(NCCCN1CCN(c2ccccc2)CC1)c1ccc(SC(F)(F)F)cc1. The Bertz CT molecular complexity index is 776. The third kappa shape index (κ3) is 6.97. The number of carbonyl (C=O) groups is 1. The average Bonchev–Trinajstić information content (AvgIpc) is 2.71. The number of nitrogens with one attached hydrogen (secondary N) is 1. The summed E-state index contributed by atoms with van der Waals surface area (Å²) in [5.74, 6) is -0.262. The van der Waals surface area contributed by atoms with Crippen molar-refractivity contribution in [2.24, 2.45) is 0 Å². The van der Waals surface area contributed by atoms with E-state index >= 15 is 0 Å². The summed E-state index contributed by atoms with van der Waals surface area (Å²) in [7, 11) is 0. The van der Waals surface area contributed by atoms with Crippen LogP contribution in [0, 0.1) is 0 Å². The zero-order valence-electron chi connectivity index (χ0n) is 16.0. The number of nitrogens with zero attached hydrogens (tertiary/aromatic N) is 2. The maximum absolute atomic E-state index is 12.3. The van der Waals surface area contributed by atoms with Gasteiger partial charge in [0.05, 0.1) is 0 Å². The van der Waals surface area contributed by atoms with Crippen LogP contribution in [-0.2, 0) is 0 Å². The van der Waals surface area contributed by atoms with Gasteiger partial charge in [-0.3, -0.25) is 9.69 Å². The molecule has 2 aromatic carbocycles. The molecule has 0 bridgehead atoms. The van der Waals surface area contributed by atoms with Gasteiger partial charge in [-0.25, -0.2) is 0 Å². The molecule has 1 saturated heterocycles. The molecule has 1 heterocycles. The summed E-state index contributed by atoms with van der Waals surface area (Å²) in [6.45, 7) is 5.39. The van der Waals surface area contributed by atoms with Crippen LogP contribution in [0.25, 0.3) is 0 Å². The summed E-state index contributed by atoms with van der Waals surface area (Å²) in [5, 5.41) is 2.84. The minimum Gasteiger partial charge on any atom is -0.369 e. The fourth-order valence-corrected chi connectivity index (χ4v) is 3.82. The number of hydrogen-bond acceptors (Lipinski definition) is 4. The quantitative estimate of drug-likeness (QED) is 0.534. The first kappa shape index (κ1) is 21.5. The first-order chi connectivity index (χ1) is 13.9. The standard InChI is InChI=1S/C21H24F3N3OS/c22-21(23,24)29-19-9-7-17(8-10-19)20(28)25-11-4-12-26-13-15-27(16-14-26)18-5-2-1-3-6-18/h1-3,5-10H,4,11-16H2,(H,25,28). The monoisotopic (exact) mass is 423 g/mol. The van der Waals surface area contributed by atoms with Crippen LogP contribution < -0.4 is 10.2 Å². The van der Waals surface area contributed by atoms with Gasteiger partial charge < -0.3 is 10.2 Å². The number of piperazine rings is 1. The highest BCUT2D eigenvalue weighted by Gasteiger charge is 2.29. The number of para-hydroxylation sites is 1. The Morgan fingerprint density at radius 3 is 2.24 bits per heavy atom. The fourth-order valence-electron chi connectivity index (χ4n) is 3.28. The second kappa shape index (κ2) is 10.0. The molecular weight excluding hydrogens is 399 g/mol.